The SMILES string of the molecule is CC(CN)C(F)C(F)F. The molecule has 0 fully saturated rings. The van der Waals surface area contributed by atoms with Gasteiger partial charge in [-0.05, 0) is 6.54 Å². The minimum atomic E-state index is -2.90. The van der Waals surface area contributed by atoms with Gasteiger partial charge in [-0.3, -0.25) is 0 Å². The van der Waals surface area contributed by atoms with Crippen molar-refractivity contribution in [1.82, 2.24) is 0 Å². The van der Waals surface area contributed by atoms with Crippen molar-refractivity contribution in [3.8, 4) is 0 Å². The van der Waals surface area contributed by atoms with Gasteiger partial charge in [0.25, 0.3) is 6.43 Å². The van der Waals surface area contributed by atoms with E-state index in [-0.39, 0.29) is 6.54 Å². The van der Waals surface area contributed by atoms with Gasteiger partial charge in [-0.15, -0.1) is 0 Å². The third-order valence-corrected chi connectivity index (χ3v) is 1.16. The van der Waals surface area contributed by atoms with E-state index in [1.54, 1.807) is 0 Å². The molecular formula is C5H10F3N. The van der Waals surface area contributed by atoms with E-state index in [4.69, 9.17) is 5.73 Å². The fourth-order valence-corrected chi connectivity index (χ4v) is 0.378. The standard InChI is InChI=1S/C5H10F3N/c1-3(2-9)4(6)5(7)8/h3-5H,2,9H2,1H3. The summed E-state index contributed by atoms with van der Waals surface area (Å²) in [6, 6.07) is 0. The summed E-state index contributed by atoms with van der Waals surface area (Å²) in [4.78, 5) is 0. The molecule has 0 rings (SSSR count). The van der Waals surface area contributed by atoms with E-state index in [1.807, 2.05) is 0 Å². The Kier molecular flexibility index (Phi) is 3.61. The average Bonchev–Trinajstić information content (AvgIpc) is 1.84. The number of alkyl halides is 3. The molecule has 0 amide bonds. The molecule has 0 heterocycles. The molecule has 1 nitrogen and oxygen atoms in total. The molecule has 9 heavy (non-hydrogen) atoms. The first-order valence-electron chi connectivity index (χ1n) is 2.72. The second-order valence-electron chi connectivity index (χ2n) is 1.99. The van der Waals surface area contributed by atoms with E-state index in [9.17, 15) is 13.2 Å². The fraction of sp³-hybridized carbons (Fsp3) is 1.00. The minimum absolute atomic E-state index is 0.0362. The minimum Gasteiger partial charge on any atom is -0.330 e. The topological polar surface area (TPSA) is 26.0 Å². The molecule has 2 atom stereocenters. The third kappa shape index (κ3) is 2.70. The number of rotatable bonds is 3. The van der Waals surface area contributed by atoms with E-state index in [2.05, 4.69) is 0 Å². The van der Waals surface area contributed by atoms with E-state index in [0.717, 1.165) is 0 Å². The predicted molar refractivity (Wildman–Crippen MR) is 29.1 cm³/mol. The van der Waals surface area contributed by atoms with Gasteiger partial charge in [0.05, 0.1) is 0 Å². The van der Waals surface area contributed by atoms with E-state index in [0.29, 0.717) is 0 Å². The smallest absolute Gasteiger partial charge is 0.269 e. The van der Waals surface area contributed by atoms with Crippen LogP contribution >= 0.6 is 0 Å². The molecule has 0 aliphatic heterocycles. The van der Waals surface area contributed by atoms with Crippen LogP contribution in [0.25, 0.3) is 0 Å². The van der Waals surface area contributed by atoms with Gasteiger partial charge in [0, 0.05) is 5.92 Å². The van der Waals surface area contributed by atoms with Crippen molar-refractivity contribution in [2.24, 2.45) is 11.7 Å². The summed E-state index contributed by atoms with van der Waals surface area (Å²) in [6.07, 6.45) is -4.97. The molecule has 0 aromatic carbocycles. The normalized spacial score (nSPS) is 18.0. The van der Waals surface area contributed by atoms with Gasteiger partial charge in [-0.2, -0.15) is 0 Å². The summed E-state index contributed by atoms with van der Waals surface area (Å²) in [6.45, 7) is 1.32. The summed E-state index contributed by atoms with van der Waals surface area (Å²) >= 11 is 0. The lowest BCUT2D eigenvalue weighted by Crippen LogP contribution is -2.27. The Morgan fingerprint density at radius 1 is 1.33 bits per heavy atom. The first-order valence-corrected chi connectivity index (χ1v) is 2.72. The monoisotopic (exact) mass is 141 g/mol. The summed E-state index contributed by atoms with van der Waals surface area (Å²) in [7, 11) is 0. The molecule has 4 heteroatoms. The summed E-state index contributed by atoms with van der Waals surface area (Å²) in [5.41, 5.74) is 4.94. The van der Waals surface area contributed by atoms with Crippen LogP contribution in [0.15, 0.2) is 0 Å². The molecule has 0 spiro atoms. The lowest BCUT2D eigenvalue weighted by molar-refractivity contribution is 0.0227. The molecule has 0 aliphatic carbocycles. The Labute approximate surface area is 52.0 Å². The first kappa shape index (κ1) is 8.75. The third-order valence-electron chi connectivity index (χ3n) is 1.16. The Hall–Kier alpha value is -0.250. The Morgan fingerprint density at radius 3 is 1.89 bits per heavy atom. The number of hydrogen-bond donors (Lipinski definition) is 1. The zero-order chi connectivity index (χ0) is 7.44. The largest absolute Gasteiger partial charge is 0.330 e. The molecular weight excluding hydrogens is 131 g/mol. The fourth-order valence-electron chi connectivity index (χ4n) is 0.378. The summed E-state index contributed by atoms with van der Waals surface area (Å²) < 4.78 is 35.0. The van der Waals surface area contributed by atoms with Gasteiger partial charge in [0.15, 0.2) is 6.17 Å². The number of nitrogens with two attached hydrogens (primary N) is 1. The summed E-state index contributed by atoms with van der Waals surface area (Å²) in [5.74, 6) is -0.745. The summed E-state index contributed by atoms with van der Waals surface area (Å²) in [5, 5.41) is 0. The van der Waals surface area contributed by atoms with Crippen molar-refractivity contribution >= 4 is 0 Å². The number of halogens is 3. The highest BCUT2D eigenvalue weighted by atomic mass is 19.3. The van der Waals surface area contributed by atoms with Crippen LogP contribution in [-0.2, 0) is 0 Å². The maximum absolute atomic E-state index is 12.1. The van der Waals surface area contributed by atoms with E-state index >= 15 is 0 Å². The van der Waals surface area contributed by atoms with Crippen molar-refractivity contribution < 1.29 is 13.2 Å². The highest BCUT2D eigenvalue weighted by molar-refractivity contribution is 4.66. The quantitative estimate of drug-likeness (QED) is 0.627. The van der Waals surface area contributed by atoms with Crippen LogP contribution in [0.5, 0.6) is 0 Å². The Bertz CT molecular complexity index is 76.6. The average molecular weight is 141 g/mol. The van der Waals surface area contributed by atoms with E-state index in [1.165, 1.54) is 6.92 Å². The lowest BCUT2D eigenvalue weighted by atomic mass is 10.1. The van der Waals surface area contributed by atoms with Crippen molar-refractivity contribution in [3.63, 3.8) is 0 Å². The molecule has 0 aromatic heterocycles. The molecule has 0 saturated carbocycles. The number of hydrogen-bond acceptors (Lipinski definition) is 1. The second-order valence-corrected chi connectivity index (χ2v) is 1.99. The highest BCUT2D eigenvalue weighted by Crippen LogP contribution is 2.13. The van der Waals surface area contributed by atoms with Gasteiger partial charge >= 0.3 is 0 Å². The molecule has 0 saturated heterocycles. The maximum Gasteiger partial charge on any atom is 0.269 e. The van der Waals surface area contributed by atoms with Gasteiger partial charge in [-0.25, -0.2) is 13.2 Å². The van der Waals surface area contributed by atoms with Gasteiger partial charge < -0.3 is 5.73 Å². The van der Waals surface area contributed by atoms with Crippen LogP contribution < -0.4 is 5.73 Å². The molecule has 0 radical (unpaired) electrons. The van der Waals surface area contributed by atoms with Gasteiger partial charge in [-0.1, -0.05) is 6.92 Å². The Morgan fingerprint density at radius 2 is 1.78 bits per heavy atom. The zero-order valence-electron chi connectivity index (χ0n) is 5.15. The van der Waals surface area contributed by atoms with Crippen LogP contribution in [0, 0.1) is 5.92 Å². The van der Waals surface area contributed by atoms with Crippen molar-refractivity contribution in [2.75, 3.05) is 6.54 Å². The first-order chi connectivity index (χ1) is 4.09. The highest BCUT2D eigenvalue weighted by Gasteiger charge is 2.24. The second kappa shape index (κ2) is 3.71. The maximum atomic E-state index is 12.1. The van der Waals surface area contributed by atoms with Crippen molar-refractivity contribution in [3.05, 3.63) is 0 Å². The molecule has 56 valence electrons. The molecule has 0 aromatic rings. The molecule has 0 aliphatic rings. The molecule has 2 N–H and O–H groups in total. The van der Waals surface area contributed by atoms with Gasteiger partial charge in [0.2, 0.25) is 0 Å². The van der Waals surface area contributed by atoms with Crippen LogP contribution in [0.3, 0.4) is 0 Å². The molecule has 2 unspecified atom stereocenters. The van der Waals surface area contributed by atoms with Crippen LogP contribution in [0.1, 0.15) is 6.92 Å². The predicted octanol–water partition coefficient (Wildman–Crippen LogP) is 1.18. The van der Waals surface area contributed by atoms with E-state index < -0.39 is 18.5 Å². The lowest BCUT2D eigenvalue weighted by Gasteiger charge is -2.12. The zero-order valence-corrected chi connectivity index (χ0v) is 5.15. The van der Waals surface area contributed by atoms with Crippen LogP contribution in [0.4, 0.5) is 13.2 Å². The van der Waals surface area contributed by atoms with Crippen molar-refractivity contribution in [2.45, 2.75) is 19.5 Å². The van der Waals surface area contributed by atoms with Crippen LogP contribution in [0.2, 0.25) is 0 Å². The molecule has 0 bridgehead atoms. The van der Waals surface area contributed by atoms with Crippen molar-refractivity contribution in [1.29, 1.82) is 0 Å². The van der Waals surface area contributed by atoms with Crippen LogP contribution in [-0.4, -0.2) is 19.1 Å². The Balaban J connectivity index is 3.58. The van der Waals surface area contributed by atoms with Gasteiger partial charge in [0.1, 0.15) is 0 Å².